The van der Waals surface area contributed by atoms with Crippen LogP contribution in [-0.4, -0.2) is 42.5 Å². The molecule has 2 aliphatic rings. The lowest BCUT2D eigenvalue weighted by atomic mass is 9.90. The topological polar surface area (TPSA) is 29.5 Å². The highest BCUT2D eigenvalue weighted by Crippen LogP contribution is 2.27. The average Bonchev–Trinajstić information content (AvgIpc) is 2.19. The Morgan fingerprint density at radius 2 is 2.07 bits per heavy atom. The molecular formula is C11H19NO2. The fourth-order valence-electron chi connectivity index (χ4n) is 2.46. The molecule has 3 nitrogen and oxygen atoms in total. The highest BCUT2D eigenvalue weighted by molar-refractivity contribution is 5.79. The molecule has 2 heterocycles. The molecule has 2 saturated heterocycles. The molecule has 2 aliphatic heterocycles. The van der Waals surface area contributed by atoms with Crippen molar-refractivity contribution in [2.75, 3.05) is 26.3 Å². The monoisotopic (exact) mass is 197 g/mol. The summed E-state index contributed by atoms with van der Waals surface area (Å²) in [5.41, 5.74) is 0.193. The molecule has 1 atom stereocenters. The van der Waals surface area contributed by atoms with Gasteiger partial charge in [-0.2, -0.15) is 0 Å². The SMILES string of the molecule is CC1(N2CCC(=O)CC2)CCCOC1. The van der Waals surface area contributed by atoms with Crippen molar-refractivity contribution in [1.82, 2.24) is 4.90 Å². The van der Waals surface area contributed by atoms with Crippen LogP contribution < -0.4 is 0 Å². The van der Waals surface area contributed by atoms with Crippen LogP contribution in [-0.2, 0) is 9.53 Å². The Hall–Kier alpha value is -0.410. The van der Waals surface area contributed by atoms with E-state index in [9.17, 15) is 4.79 Å². The average molecular weight is 197 g/mol. The molecule has 2 rings (SSSR count). The van der Waals surface area contributed by atoms with Gasteiger partial charge in [0.05, 0.1) is 6.61 Å². The molecule has 0 N–H and O–H groups in total. The smallest absolute Gasteiger partial charge is 0.135 e. The summed E-state index contributed by atoms with van der Waals surface area (Å²) >= 11 is 0. The number of ether oxygens (including phenoxy) is 1. The number of carbonyl (C=O) groups excluding carboxylic acids is 1. The van der Waals surface area contributed by atoms with Crippen LogP contribution in [0.5, 0.6) is 0 Å². The predicted octanol–water partition coefficient (Wildman–Crippen LogP) is 1.22. The second-order valence-corrected chi connectivity index (χ2v) is 4.68. The zero-order chi connectivity index (χ0) is 10.0. The van der Waals surface area contributed by atoms with Crippen molar-refractivity contribution in [2.45, 2.75) is 38.1 Å². The van der Waals surface area contributed by atoms with Gasteiger partial charge in [0.25, 0.3) is 0 Å². The van der Waals surface area contributed by atoms with Gasteiger partial charge in [0.2, 0.25) is 0 Å². The normalized spacial score (nSPS) is 35.9. The summed E-state index contributed by atoms with van der Waals surface area (Å²) < 4.78 is 5.54. The number of nitrogens with zero attached hydrogens (tertiary/aromatic N) is 1. The van der Waals surface area contributed by atoms with Crippen LogP contribution in [0.1, 0.15) is 32.6 Å². The predicted molar refractivity (Wildman–Crippen MR) is 54.3 cm³/mol. The first-order chi connectivity index (χ1) is 6.71. The van der Waals surface area contributed by atoms with Gasteiger partial charge >= 0.3 is 0 Å². The molecule has 0 saturated carbocycles. The molecule has 0 aromatic heterocycles. The summed E-state index contributed by atoms with van der Waals surface area (Å²) in [5.74, 6) is 0.418. The number of rotatable bonds is 1. The lowest BCUT2D eigenvalue weighted by Gasteiger charge is -2.45. The molecule has 3 heteroatoms. The molecule has 0 aromatic rings. The van der Waals surface area contributed by atoms with Crippen molar-refractivity contribution in [2.24, 2.45) is 0 Å². The zero-order valence-electron chi connectivity index (χ0n) is 8.92. The second kappa shape index (κ2) is 3.99. The Bertz CT molecular complexity index is 211. The summed E-state index contributed by atoms with van der Waals surface area (Å²) in [4.78, 5) is 13.6. The van der Waals surface area contributed by atoms with Gasteiger partial charge in [0.1, 0.15) is 5.78 Å². The zero-order valence-corrected chi connectivity index (χ0v) is 8.92. The lowest BCUT2D eigenvalue weighted by Crippen LogP contribution is -2.54. The Morgan fingerprint density at radius 1 is 1.36 bits per heavy atom. The maximum absolute atomic E-state index is 11.1. The van der Waals surface area contributed by atoms with E-state index in [1.807, 2.05) is 0 Å². The van der Waals surface area contributed by atoms with Gasteiger partial charge in [0, 0.05) is 38.1 Å². The van der Waals surface area contributed by atoms with Crippen LogP contribution in [0.4, 0.5) is 0 Å². The van der Waals surface area contributed by atoms with E-state index in [0.29, 0.717) is 5.78 Å². The molecule has 0 aliphatic carbocycles. The third-order valence-electron chi connectivity index (χ3n) is 3.50. The van der Waals surface area contributed by atoms with Crippen molar-refractivity contribution in [3.8, 4) is 0 Å². The molecule has 0 radical (unpaired) electrons. The third-order valence-corrected chi connectivity index (χ3v) is 3.50. The van der Waals surface area contributed by atoms with E-state index in [-0.39, 0.29) is 5.54 Å². The molecule has 0 aromatic carbocycles. The van der Waals surface area contributed by atoms with Gasteiger partial charge in [-0.1, -0.05) is 0 Å². The molecule has 0 bridgehead atoms. The summed E-state index contributed by atoms with van der Waals surface area (Å²) in [7, 11) is 0. The lowest BCUT2D eigenvalue weighted by molar-refractivity contribution is -0.124. The number of carbonyl (C=O) groups is 1. The fourth-order valence-corrected chi connectivity index (χ4v) is 2.46. The Balaban J connectivity index is 1.95. The van der Waals surface area contributed by atoms with Crippen LogP contribution in [0.15, 0.2) is 0 Å². The number of likely N-dealkylation sites (tertiary alicyclic amines) is 1. The van der Waals surface area contributed by atoms with Crippen molar-refractivity contribution in [3.63, 3.8) is 0 Å². The van der Waals surface area contributed by atoms with Crippen molar-refractivity contribution < 1.29 is 9.53 Å². The molecular weight excluding hydrogens is 178 g/mol. The van der Waals surface area contributed by atoms with Crippen molar-refractivity contribution >= 4 is 5.78 Å². The quantitative estimate of drug-likeness (QED) is 0.633. The fraction of sp³-hybridized carbons (Fsp3) is 0.909. The van der Waals surface area contributed by atoms with Gasteiger partial charge in [-0.15, -0.1) is 0 Å². The summed E-state index contributed by atoms with van der Waals surface area (Å²) in [6.45, 7) is 5.86. The number of hydrogen-bond donors (Lipinski definition) is 0. The second-order valence-electron chi connectivity index (χ2n) is 4.68. The molecule has 2 fully saturated rings. The summed E-state index contributed by atoms with van der Waals surface area (Å²) in [6.07, 6.45) is 3.83. The highest BCUT2D eigenvalue weighted by Gasteiger charge is 2.35. The van der Waals surface area contributed by atoms with E-state index in [0.717, 1.165) is 45.6 Å². The minimum atomic E-state index is 0.193. The largest absolute Gasteiger partial charge is 0.380 e. The number of hydrogen-bond acceptors (Lipinski definition) is 3. The van der Waals surface area contributed by atoms with Crippen molar-refractivity contribution in [3.05, 3.63) is 0 Å². The summed E-state index contributed by atoms with van der Waals surface area (Å²) in [6, 6.07) is 0. The van der Waals surface area contributed by atoms with Crippen LogP contribution in [0, 0.1) is 0 Å². The first-order valence-corrected chi connectivity index (χ1v) is 5.55. The highest BCUT2D eigenvalue weighted by atomic mass is 16.5. The number of piperidine rings is 1. The maximum atomic E-state index is 11.1. The van der Waals surface area contributed by atoms with E-state index >= 15 is 0 Å². The minimum Gasteiger partial charge on any atom is -0.380 e. The van der Waals surface area contributed by atoms with Gasteiger partial charge < -0.3 is 4.74 Å². The van der Waals surface area contributed by atoms with E-state index < -0.39 is 0 Å². The van der Waals surface area contributed by atoms with Crippen LogP contribution in [0.2, 0.25) is 0 Å². The standard InChI is InChI=1S/C11H19NO2/c1-11(5-2-8-14-9-11)12-6-3-10(13)4-7-12/h2-9H2,1H3. The van der Waals surface area contributed by atoms with E-state index in [1.54, 1.807) is 0 Å². The van der Waals surface area contributed by atoms with E-state index in [2.05, 4.69) is 11.8 Å². The first-order valence-electron chi connectivity index (χ1n) is 5.55. The van der Waals surface area contributed by atoms with Gasteiger partial charge in [-0.25, -0.2) is 0 Å². The third kappa shape index (κ3) is 1.98. The minimum absolute atomic E-state index is 0.193. The maximum Gasteiger partial charge on any atom is 0.135 e. The van der Waals surface area contributed by atoms with Gasteiger partial charge in [0.15, 0.2) is 0 Å². The van der Waals surface area contributed by atoms with E-state index in [4.69, 9.17) is 4.74 Å². The molecule has 0 spiro atoms. The van der Waals surface area contributed by atoms with E-state index in [1.165, 1.54) is 6.42 Å². The Labute approximate surface area is 85.4 Å². The first kappa shape index (κ1) is 10.1. The van der Waals surface area contributed by atoms with Crippen molar-refractivity contribution in [1.29, 1.82) is 0 Å². The van der Waals surface area contributed by atoms with Gasteiger partial charge in [-0.05, 0) is 19.8 Å². The Morgan fingerprint density at radius 3 is 2.64 bits per heavy atom. The number of ketones is 1. The molecule has 1 unspecified atom stereocenters. The van der Waals surface area contributed by atoms with Gasteiger partial charge in [-0.3, -0.25) is 9.69 Å². The van der Waals surface area contributed by atoms with Crippen LogP contribution in [0.3, 0.4) is 0 Å². The molecule has 0 amide bonds. The molecule has 80 valence electrons. The Kier molecular flexibility index (Phi) is 2.88. The van der Waals surface area contributed by atoms with Crippen LogP contribution in [0.25, 0.3) is 0 Å². The summed E-state index contributed by atoms with van der Waals surface area (Å²) in [5, 5.41) is 0. The molecule has 14 heavy (non-hydrogen) atoms. The van der Waals surface area contributed by atoms with Crippen LogP contribution >= 0.6 is 0 Å². The number of Topliss-reactive ketones (excluding diaryl/α,β-unsaturated/α-hetero) is 1.